The zero-order chi connectivity index (χ0) is 19.3. The average molecular weight is 361 g/mol. The molecule has 1 heterocycles. The first-order valence-electron chi connectivity index (χ1n) is 8.79. The van der Waals surface area contributed by atoms with Gasteiger partial charge in [0.1, 0.15) is 6.54 Å². The quantitative estimate of drug-likeness (QED) is 0.315. The third kappa shape index (κ3) is 4.44. The Bertz CT molecular complexity index is 732. The largest absolute Gasteiger partial charge is 0.352 e. The maximum absolute atomic E-state index is 12.3. The monoisotopic (exact) mass is 361 g/mol. The van der Waals surface area contributed by atoms with Crippen LogP contribution >= 0.6 is 0 Å². The van der Waals surface area contributed by atoms with Crippen molar-refractivity contribution in [3.8, 4) is 0 Å². The van der Waals surface area contributed by atoms with Crippen LogP contribution in [-0.2, 0) is 4.79 Å². The van der Waals surface area contributed by atoms with Crippen LogP contribution in [0.3, 0.4) is 0 Å². The molecular formula is C18H23N3O5. The van der Waals surface area contributed by atoms with Gasteiger partial charge in [-0.15, -0.1) is 0 Å². The summed E-state index contributed by atoms with van der Waals surface area (Å²) in [6.07, 6.45) is 5.24. The van der Waals surface area contributed by atoms with Gasteiger partial charge in [-0.25, -0.2) is 0 Å². The molecule has 1 aromatic rings. The molecule has 0 aromatic heterocycles. The highest BCUT2D eigenvalue weighted by atomic mass is 16.6. The van der Waals surface area contributed by atoms with E-state index in [4.69, 9.17) is 0 Å². The summed E-state index contributed by atoms with van der Waals surface area (Å²) in [6.45, 7) is 3.62. The van der Waals surface area contributed by atoms with Crippen molar-refractivity contribution in [1.82, 2.24) is 10.2 Å². The van der Waals surface area contributed by atoms with Gasteiger partial charge in [-0.1, -0.05) is 32.6 Å². The SMILES string of the molecule is CCCCCC[C@H](C)NC(=O)CN1C(=O)c2ccc([N+](=O)[O-])cc2C1=O. The second-order valence-corrected chi connectivity index (χ2v) is 6.50. The molecule has 0 aliphatic carbocycles. The number of nitro benzene ring substituents is 1. The van der Waals surface area contributed by atoms with E-state index < -0.39 is 22.6 Å². The van der Waals surface area contributed by atoms with Crippen molar-refractivity contribution in [2.45, 2.75) is 52.0 Å². The Morgan fingerprint density at radius 3 is 2.54 bits per heavy atom. The minimum atomic E-state index is -0.681. The Balaban J connectivity index is 1.95. The number of hydrogen-bond donors (Lipinski definition) is 1. The third-order valence-corrected chi connectivity index (χ3v) is 4.36. The molecule has 26 heavy (non-hydrogen) atoms. The molecule has 0 radical (unpaired) electrons. The van der Waals surface area contributed by atoms with Crippen molar-refractivity contribution in [1.29, 1.82) is 0 Å². The molecule has 3 amide bonds. The molecule has 0 saturated heterocycles. The first-order valence-corrected chi connectivity index (χ1v) is 8.79. The van der Waals surface area contributed by atoms with Crippen LogP contribution in [0.5, 0.6) is 0 Å². The van der Waals surface area contributed by atoms with Gasteiger partial charge in [0.05, 0.1) is 16.1 Å². The lowest BCUT2D eigenvalue weighted by Crippen LogP contribution is -2.43. The topological polar surface area (TPSA) is 110 Å². The molecule has 1 aromatic carbocycles. The summed E-state index contributed by atoms with van der Waals surface area (Å²) in [5.41, 5.74) is -0.220. The van der Waals surface area contributed by atoms with Crippen LogP contribution in [0.25, 0.3) is 0 Å². The number of nitrogens with one attached hydrogen (secondary N) is 1. The van der Waals surface area contributed by atoms with E-state index in [1.165, 1.54) is 12.1 Å². The van der Waals surface area contributed by atoms with Crippen molar-refractivity contribution in [2.24, 2.45) is 0 Å². The predicted octanol–water partition coefficient (Wildman–Crippen LogP) is 2.67. The van der Waals surface area contributed by atoms with E-state index in [2.05, 4.69) is 12.2 Å². The summed E-state index contributed by atoms with van der Waals surface area (Å²) in [7, 11) is 0. The molecule has 1 N–H and O–H groups in total. The van der Waals surface area contributed by atoms with Crippen molar-refractivity contribution in [3.63, 3.8) is 0 Å². The van der Waals surface area contributed by atoms with Crippen molar-refractivity contribution in [3.05, 3.63) is 39.4 Å². The molecule has 8 heteroatoms. The average Bonchev–Trinajstić information content (AvgIpc) is 2.83. The summed E-state index contributed by atoms with van der Waals surface area (Å²) < 4.78 is 0. The molecule has 0 bridgehead atoms. The molecular weight excluding hydrogens is 338 g/mol. The van der Waals surface area contributed by atoms with Crippen LogP contribution < -0.4 is 5.32 Å². The van der Waals surface area contributed by atoms with Crippen LogP contribution in [0.15, 0.2) is 18.2 Å². The Kier molecular flexibility index (Phi) is 6.43. The normalized spacial score (nSPS) is 14.3. The van der Waals surface area contributed by atoms with Gasteiger partial charge < -0.3 is 5.32 Å². The molecule has 0 saturated carbocycles. The minimum absolute atomic E-state index is 0.0374. The number of nitrogens with zero attached hydrogens (tertiary/aromatic N) is 2. The van der Waals surface area contributed by atoms with Gasteiger partial charge in [-0.3, -0.25) is 29.4 Å². The molecule has 1 aliphatic rings. The Morgan fingerprint density at radius 2 is 1.88 bits per heavy atom. The molecule has 8 nitrogen and oxygen atoms in total. The zero-order valence-electron chi connectivity index (χ0n) is 15.0. The van der Waals surface area contributed by atoms with E-state index in [1.54, 1.807) is 0 Å². The fourth-order valence-corrected chi connectivity index (χ4v) is 2.95. The maximum atomic E-state index is 12.3. The van der Waals surface area contributed by atoms with E-state index in [0.717, 1.165) is 43.1 Å². The molecule has 1 aliphatic heterocycles. The molecule has 0 fully saturated rings. The number of rotatable bonds is 9. The van der Waals surface area contributed by atoms with Gasteiger partial charge in [-0.2, -0.15) is 0 Å². The van der Waals surface area contributed by atoms with Gasteiger partial charge in [0, 0.05) is 18.2 Å². The maximum Gasteiger partial charge on any atom is 0.270 e. The van der Waals surface area contributed by atoms with Gasteiger partial charge in [0.2, 0.25) is 5.91 Å². The summed E-state index contributed by atoms with van der Waals surface area (Å²) in [5, 5.41) is 13.6. The summed E-state index contributed by atoms with van der Waals surface area (Å²) in [4.78, 5) is 47.8. The Hall–Kier alpha value is -2.77. The van der Waals surface area contributed by atoms with Gasteiger partial charge in [0.25, 0.3) is 17.5 Å². The van der Waals surface area contributed by atoms with E-state index in [1.807, 2.05) is 6.92 Å². The zero-order valence-corrected chi connectivity index (χ0v) is 15.0. The number of non-ortho nitro benzene ring substituents is 1. The summed E-state index contributed by atoms with van der Waals surface area (Å²) in [5.74, 6) is -1.71. The highest BCUT2D eigenvalue weighted by Gasteiger charge is 2.37. The lowest BCUT2D eigenvalue weighted by molar-refractivity contribution is -0.384. The molecule has 0 unspecified atom stereocenters. The lowest BCUT2D eigenvalue weighted by Gasteiger charge is -2.17. The number of nitro groups is 1. The summed E-state index contributed by atoms with van der Waals surface area (Å²) >= 11 is 0. The third-order valence-electron chi connectivity index (χ3n) is 4.36. The number of fused-ring (bicyclic) bond motifs is 1. The first-order chi connectivity index (χ1) is 12.3. The van der Waals surface area contributed by atoms with Crippen LogP contribution in [0.4, 0.5) is 5.69 Å². The number of amides is 3. The molecule has 1 atom stereocenters. The van der Waals surface area contributed by atoms with E-state index >= 15 is 0 Å². The number of hydrogen-bond acceptors (Lipinski definition) is 5. The van der Waals surface area contributed by atoms with Crippen molar-refractivity contribution >= 4 is 23.4 Å². The number of imide groups is 1. The number of carbonyl (C=O) groups excluding carboxylic acids is 3. The predicted molar refractivity (Wildman–Crippen MR) is 94.8 cm³/mol. The lowest BCUT2D eigenvalue weighted by atomic mass is 10.1. The van der Waals surface area contributed by atoms with Gasteiger partial charge >= 0.3 is 0 Å². The van der Waals surface area contributed by atoms with Crippen molar-refractivity contribution < 1.29 is 19.3 Å². The number of benzene rings is 1. The fraction of sp³-hybridized carbons (Fsp3) is 0.500. The smallest absolute Gasteiger partial charge is 0.270 e. The number of unbranched alkanes of at least 4 members (excludes halogenated alkanes) is 3. The van der Waals surface area contributed by atoms with E-state index in [0.29, 0.717) is 0 Å². The second-order valence-electron chi connectivity index (χ2n) is 6.50. The van der Waals surface area contributed by atoms with Crippen LogP contribution in [-0.4, -0.2) is 40.1 Å². The Labute approximate surface area is 151 Å². The molecule has 2 rings (SSSR count). The number of carbonyl (C=O) groups is 3. The van der Waals surface area contributed by atoms with Gasteiger partial charge in [0.15, 0.2) is 0 Å². The first kappa shape index (κ1) is 19.6. The minimum Gasteiger partial charge on any atom is -0.352 e. The summed E-state index contributed by atoms with van der Waals surface area (Å²) in [6, 6.07) is 3.45. The second kappa shape index (κ2) is 8.55. The fourth-order valence-electron chi connectivity index (χ4n) is 2.95. The highest BCUT2D eigenvalue weighted by molar-refractivity contribution is 6.22. The van der Waals surface area contributed by atoms with E-state index in [-0.39, 0.29) is 29.4 Å². The molecule has 140 valence electrons. The molecule has 0 spiro atoms. The standard InChI is InChI=1S/C18H23N3O5/c1-3-4-5-6-7-12(2)19-16(22)11-20-17(23)14-9-8-13(21(25)26)10-15(14)18(20)24/h8-10,12H,3-7,11H2,1-2H3,(H,19,22)/t12-/m0/s1. The Morgan fingerprint density at radius 1 is 1.19 bits per heavy atom. The van der Waals surface area contributed by atoms with Crippen LogP contribution in [0.2, 0.25) is 0 Å². The highest BCUT2D eigenvalue weighted by Crippen LogP contribution is 2.26. The van der Waals surface area contributed by atoms with E-state index in [9.17, 15) is 24.5 Å². The van der Waals surface area contributed by atoms with Crippen LogP contribution in [0, 0.1) is 10.1 Å². The van der Waals surface area contributed by atoms with Crippen molar-refractivity contribution in [2.75, 3.05) is 6.54 Å². The van der Waals surface area contributed by atoms with Crippen LogP contribution in [0.1, 0.15) is 66.7 Å². The van der Waals surface area contributed by atoms with Gasteiger partial charge in [-0.05, 0) is 19.4 Å².